The van der Waals surface area contributed by atoms with Gasteiger partial charge >= 0.3 is 0 Å². The topological polar surface area (TPSA) is 15.3 Å². The molecule has 0 radical (unpaired) electrons. The molecule has 1 unspecified atom stereocenters. The number of rotatable bonds is 2. The average molecular weight is 156 g/mol. The van der Waals surface area contributed by atoms with Gasteiger partial charge in [0.25, 0.3) is 0 Å². The molecule has 1 rings (SSSR count). The summed E-state index contributed by atoms with van der Waals surface area (Å²) in [4.78, 5) is 2.48. The monoisotopic (exact) mass is 156 g/mol. The molecule has 0 amide bonds. The van der Waals surface area contributed by atoms with Gasteiger partial charge in [0.1, 0.15) is 0 Å². The van der Waals surface area contributed by atoms with Crippen molar-refractivity contribution in [3.05, 3.63) is 0 Å². The molecule has 2 nitrogen and oxygen atoms in total. The first kappa shape index (κ1) is 9.01. The Morgan fingerprint density at radius 2 is 2.09 bits per heavy atom. The molecule has 0 aromatic carbocycles. The van der Waals surface area contributed by atoms with E-state index in [9.17, 15) is 0 Å². The highest BCUT2D eigenvalue weighted by Gasteiger charge is 2.25. The molecular weight excluding hydrogens is 136 g/mol. The molecule has 0 spiro atoms. The van der Waals surface area contributed by atoms with E-state index in [1.807, 2.05) is 0 Å². The number of nitrogens with zero attached hydrogens (tertiary/aromatic N) is 1. The van der Waals surface area contributed by atoms with E-state index in [4.69, 9.17) is 0 Å². The van der Waals surface area contributed by atoms with Crippen molar-refractivity contribution >= 4 is 0 Å². The van der Waals surface area contributed by atoms with E-state index in [0.29, 0.717) is 0 Å². The number of likely N-dealkylation sites (N-methyl/N-ethyl adjacent to an activating group) is 1. The zero-order valence-electron chi connectivity index (χ0n) is 7.93. The Balaban J connectivity index is 2.48. The van der Waals surface area contributed by atoms with Gasteiger partial charge in [-0.1, -0.05) is 13.8 Å². The van der Waals surface area contributed by atoms with Crippen LogP contribution in [0.15, 0.2) is 0 Å². The average Bonchev–Trinajstić information content (AvgIpc) is 2.04. The molecule has 1 aliphatic heterocycles. The molecule has 1 aliphatic rings. The van der Waals surface area contributed by atoms with Crippen LogP contribution in [0.3, 0.4) is 0 Å². The number of hydrogen-bond donors (Lipinski definition) is 1. The summed E-state index contributed by atoms with van der Waals surface area (Å²) in [7, 11) is 2.23. The number of hydrogen-bond acceptors (Lipinski definition) is 2. The molecule has 11 heavy (non-hydrogen) atoms. The molecule has 1 N–H and O–H groups in total. The van der Waals surface area contributed by atoms with Crippen molar-refractivity contribution in [2.45, 2.75) is 38.8 Å². The third-order valence-electron chi connectivity index (χ3n) is 2.76. The maximum Gasteiger partial charge on any atom is 0.0244 e. The fourth-order valence-electron chi connectivity index (χ4n) is 2.05. The molecule has 2 atom stereocenters. The number of nitrogens with one attached hydrogen (secondary N) is 1. The minimum Gasteiger partial charge on any atom is -0.311 e. The predicted octanol–water partition coefficient (Wildman–Crippen LogP) is 1.08. The third-order valence-corrected chi connectivity index (χ3v) is 2.76. The van der Waals surface area contributed by atoms with Gasteiger partial charge < -0.3 is 10.2 Å². The summed E-state index contributed by atoms with van der Waals surface area (Å²) < 4.78 is 0. The van der Waals surface area contributed by atoms with Crippen LogP contribution in [0, 0.1) is 0 Å². The van der Waals surface area contributed by atoms with Crippen molar-refractivity contribution in [2.75, 3.05) is 20.1 Å². The van der Waals surface area contributed by atoms with E-state index in [-0.39, 0.29) is 0 Å². The Morgan fingerprint density at radius 3 is 2.55 bits per heavy atom. The highest BCUT2D eigenvalue weighted by molar-refractivity contribution is 4.85. The van der Waals surface area contributed by atoms with Gasteiger partial charge in [-0.2, -0.15) is 0 Å². The van der Waals surface area contributed by atoms with Gasteiger partial charge in [0.15, 0.2) is 0 Å². The molecule has 1 saturated heterocycles. The number of piperazine rings is 1. The highest BCUT2D eigenvalue weighted by Crippen LogP contribution is 2.12. The molecule has 66 valence electrons. The summed E-state index contributed by atoms with van der Waals surface area (Å²) in [5.74, 6) is 0. The molecular formula is C9H20N2. The van der Waals surface area contributed by atoms with Gasteiger partial charge in [-0.25, -0.2) is 0 Å². The Morgan fingerprint density at radius 1 is 1.36 bits per heavy atom. The smallest absolute Gasteiger partial charge is 0.0244 e. The van der Waals surface area contributed by atoms with Gasteiger partial charge in [-0.3, -0.25) is 0 Å². The van der Waals surface area contributed by atoms with E-state index < -0.39 is 0 Å². The first-order valence-electron chi connectivity index (χ1n) is 4.73. The molecule has 0 aromatic rings. The van der Waals surface area contributed by atoms with Crippen LogP contribution in [-0.4, -0.2) is 37.1 Å². The minimum atomic E-state index is 0.721. The van der Waals surface area contributed by atoms with Crippen LogP contribution in [0.1, 0.15) is 26.7 Å². The first-order valence-corrected chi connectivity index (χ1v) is 4.73. The van der Waals surface area contributed by atoms with Crippen LogP contribution in [-0.2, 0) is 0 Å². The van der Waals surface area contributed by atoms with E-state index in [1.54, 1.807) is 0 Å². The summed E-state index contributed by atoms with van der Waals surface area (Å²) in [5, 5.41) is 3.56. The van der Waals surface area contributed by atoms with Crippen LogP contribution in [0.4, 0.5) is 0 Å². The van der Waals surface area contributed by atoms with Crippen molar-refractivity contribution in [3.8, 4) is 0 Å². The van der Waals surface area contributed by atoms with E-state index >= 15 is 0 Å². The van der Waals surface area contributed by atoms with Gasteiger partial charge in [-0.05, 0) is 19.9 Å². The summed E-state index contributed by atoms with van der Waals surface area (Å²) in [5.41, 5.74) is 0. The summed E-state index contributed by atoms with van der Waals surface area (Å²) >= 11 is 0. The molecule has 1 fully saturated rings. The second-order valence-corrected chi connectivity index (χ2v) is 3.43. The Bertz CT molecular complexity index is 114. The fourth-order valence-corrected chi connectivity index (χ4v) is 2.05. The molecule has 0 aliphatic carbocycles. The second kappa shape index (κ2) is 4.07. The predicted molar refractivity (Wildman–Crippen MR) is 48.8 cm³/mol. The Labute approximate surface area is 70.0 Å². The van der Waals surface area contributed by atoms with Crippen molar-refractivity contribution < 1.29 is 0 Å². The van der Waals surface area contributed by atoms with Crippen LogP contribution in [0.5, 0.6) is 0 Å². The van der Waals surface area contributed by atoms with Crippen molar-refractivity contribution in [3.63, 3.8) is 0 Å². The quantitative estimate of drug-likeness (QED) is 0.643. The summed E-state index contributed by atoms with van der Waals surface area (Å²) in [6, 6.07) is 1.48. The SMILES string of the molecule is CCC1NCCN(C)[C@@H]1CC. The molecule has 2 heteroatoms. The standard InChI is InChI=1S/C9H20N2/c1-4-8-9(5-2)11(3)7-6-10-8/h8-10H,4-7H2,1-3H3/t8?,9-/m1/s1. The maximum atomic E-state index is 3.56. The van der Waals surface area contributed by atoms with Gasteiger partial charge in [0.05, 0.1) is 0 Å². The van der Waals surface area contributed by atoms with Crippen molar-refractivity contribution in [2.24, 2.45) is 0 Å². The Hall–Kier alpha value is -0.0800. The molecule has 0 aromatic heterocycles. The largest absolute Gasteiger partial charge is 0.311 e. The highest BCUT2D eigenvalue weighted by atomic mass is 15.2. The molecule has 1 heterocycles. The zero-order valence-corrected chi connectivity index (χ0v) is 7.93. The molecule has 0 saturated carbocycles. The summed E-state index contributed by atoms with van der Waals surface area (Å²) in [6.45, 7) is 6.90. The van der Waals surface area contributed by atoms with Gasteiger partial charge in [0.2, 0.25) is 0 Å². The maximum absolute atomic E-state index is 3.56. The minimum absolute atomic E-state index is 0.721. The van der Waals surface area contributed by atoms with E-state index in [2.05, 4.69) is 31.1 Å². The lowest BCUT2D eigenvalue weighted by Crippen LogP contribution is -2.55. The molecule has 0 bridgehead atoms. The summed E-state index contributed by atoms with van der Waals surface area (Å²) in [6.07, 6.45) is 2.52. The van der Waals surface area contributed by atoms with Crippen LogP contribution >= 0.6 is 0 Å². The normalized spacial score (nSPS) is 34.1. The lowest BCUT2D eigenvalue weighted by Gasteiger charge is -2.39. The van der Waals surface area contributed by atoms with E-state index in [0.717, 1.165) is 18.6 Å². The Kier molecular flexibility index (Phi) is 3.34. The first-order chi connectivity index (χ1) is 5.29. The lowest BCUT2D eigenvalue weighted by molar-refractivity contribution is 0.143. The zero-order chi connectivity index (χ0) is 8.27. The fraction of sp³-hybridized carbons (Fsp3) is 1.00. The third kappa shape index (κ3) is 1.94. The van der Waals surface area contributed by atoms with Gasteiger partial charge in [-0.15, -0.1) is 0 Å². The second-order valence-electron chi connectivity index (χ2n) is 3.43. The van der Waals surface area contributed by atoms with Crippen molar-refractivity contribution in [1.29, 1.82) is 0 Å². The van der Waals surface area contributed by atoms with Crippen LogP contribution in [0.25, 0.3) is 0 Å². The van der Waals surface area contributed by atoms with Crippen LogP contribution in [0.2, 0.25) is 0 Å². The van der Waals surface area contributed by atoms with E-state index in [1.165, 1.54) is 19.4 Å². The van der Waals surface area contributed by atoms with Crippen LogP contribution < -0.4 is 5.32 Å². The lowest BCUT2D eigenvalue weighted by atomic mass is 9.99. The van der Waals surface area contributed by atoms with Gasteiger partial charge in [0, 0.05) is 25.2 Å². The van der Waals surface area contributed by atoms with Crippen molar-refractivity contribution in [1.82, 2.24) is 10.2 Å².